The number of aromatic nitrogens is 2. The average molecular weight is 373 g/mol. The summed E-state index contributed by atoms with van der Waals surface area (Å²) in [4.78, 5) is 22.5. The first kappa shape index (κ1) is 18.4. The van der Waals surface area contributed by atoms with E-state index in [1.165, 1.54) is 12.1 Å². The van der Waals surface area contributed by atoms with Gasteiger partial charge >= 0.3 is 0 Å². The molecule has 27 heavy (non-hydrogen) atoms. The fraction of sp³-hybridized carbons (Fsp3) is 0.600. The van der Waals surface area contributed by atoms with E-state index in [1.54, 1.807) is 6.07 Å². The summed E-state index contributed by atoms with van der Waals surface area (Å²) in [6.45, 7) is 5.86. The Kier molecular flexibility index (Phi) is 5.14. The Bertz CT molecular complexity index is 804. The van der Waals surface area contributed by atoms with Crippen molar-refractivity contribution in [2.75, 3.05) is 13.1 Å². The molecule has 2 aliphatic heterocycles. The van der Waals surface area contributed by atoms with Gasteiger partial charge in [0.25, 0.3) is 0 Å². The SMILES string of the molecule is CC1NNC(C)C1CCC(=O)N1CCC(c2nc3ccc(F)cc3[nH]2)CC1. The van der Waals surface area contributed by atoms with Gasteiger partial charge in [0, 0.05) is 37.5 Å². The number of hydrogen-bond acceptors (Lipinski definition) is 4. The summed E-state index contributed by atoms with van der Waals surface area (Å²) in [6.07, 6.45) is 3.31. The number of nitrogens with zero attached hydrogens (tertiary/aromatic N) is 2. The zero-order valence-corrected chi connectivity index (χ0v) is 16.0. The van der Waals surface area contributed by atoms with Crippen molar-refractivity contribution >= 4 is 16.9 Å². The average Bonchev–Trinajstić information content (AvgIpc) is 3.23. The molecule has 3 N–H and O–H groups in total. The number of rotatable bonds is 4. The lowest BCUT2D eigenvalue weighted by Crippen LogP contribution is -2.38. The number of likely N-dealkylation sites (tertiary alicyclic amines) is 1. The maximum atomic E-state index is 13.4. The molecule has 1 aromatic carbocycles. The van der Waals surface area contributed by atoms with E-state index >= 15 is 0 Å². The van der Waals surface area contributed by atoms with Gasteiger partial charge in [0.05, 0.1) is 11.0 Å². The summed E-state index contributed by atoms with van der Waals surface area (Å²) >= 11 is 0. The zero-order chi connectivity index (χ0) is 19.0. The normalized spacial score (nSPS) is 26.8. The van der Waals surface area contributed by atoms with Crippen LogP contribution in [0.15, 0.2) is 18.2 Å². The van der Waals surface area contributed by atoms with E-state index < -0.39 is 0 Å². The summed E-state index contributed by atoms with van der Waals surface area (Å²) in [7, 11) is 0. The fourth-order valence-corrected chi connectivity index (χ4v) is 4.46. The molecule has 146 valence electrons. The zero-order valence-electron chi connectivity index (χ0n) is 16.0. The van der Waals surface area contributed by atoms with Crippen molar-refractivity contribution in [2.24, 2.45) is 5.92 Å². The van der Waals surface area contributed by atoms with Crippen molar-refractivity contribution in [3.63, 3.8) is 0 Å². The molecule has 0 bridgehead atoms. The van der Waals surface area contributed by atoms with Gasteiger partial charge in [-0.1, -0.05) is 0 Å². The molecule has 1 aromatic heterocycles. The summed E-state index contributed by atoms with van der Waals surface area (Å²) in [5.74, 6) is 1.70. The van der Waals surface area contributed by atoms with Gasteiger partial charge in [-0.25, -0.2) is 9.37 Å². The standard InChI is InChI=1S/C20H28FN5O/c1-12-16(13(2)25-24-12)4-6-19(27)26-9-7-14(8-10-26)20-22-17-5-3-15(21)11-18(17)23-20/h3,5,11-14,16,24-25H,4,6-10H2,1-2H3,(H,22,23). The second kappa shape index (κ2) is 7.56. The van der Waals surface area contributed by atoms with E-state index in [4.69, 9.17) is 0 Å². The monoisotopic (exact) mass is 373 g/mol. The Morgan fingerprint density at radius 1 is 1.22 bits per heavy atom. The third kappa shape index (κ3) is 3.84. The fourth-order valence-electron chi connectivity index (χ4n) is 4.46. The van der Waals surface area contributed by atoms with Gasteiger partial charge in [0.15, 0.2) is 0 Å². The molecule has 3 heterocycles. The Labute approximate surface area is 158 Å². The first-order valence-electron chi connectivity index (χ1n) is 9.95. The van der Waals surface area contributed by atoms with Crippen LogP contribution < -0.4 is 10.9 Å². The van der Waals surface area contributed by atoms with Crippen LogP contribution in [0.5, 0.6) is 0 Å². The molecule has 2 unspecified atom stereocenters. The Morgan fingerprint density at radius 3 is 2.63 bits per heavy atom. The highest BCUT2D eigenvalue weighted by atomic mass is 19.1. The highest BCUT2D eigenvalue weighted by molar-refractivity contribution is 5.76. The lowest BCUT2D eigenvalue weighted by molar-refractivity contribution is -0.132. The number of imidazole rings is 1. The van der Waals surface area contributed by atoms with E-state index in [9.17, 15) is 9.18 Å². The van der Waals surface area contributed by atoms with Gasteiger partial charge < -0.3 is 9.88 Å². The third-order valence-corrected chi connectivity index (χ3v) is 6.21. The number of carbonyl (C=O) groups excluding carboxylic acids is 1. The van der Waals surface area contributed by atoms with E-state index in [2.05, 4.69) is 34.7 Å². The number of hydrogen-bond donors (Lipinski definition) is 3. The van der Waals surface area contributed by atoms with Gasteiger partial charge in [-0.3, -0.25) is 15.6 Å². The number of benzene rings is 1. The quantitative estimate of drug-likeness (QED) is 0.770. The number of amides is 1. The van der Waals surface area contributed by atoms with Crippen LogP contribution >= 0.6 is 0 Å². The molecule has 6 nitrogen and oxygen atoms in total. The molecular weight excluding hydrogens is 345 g/mol. The van der Waals surface area contributed by atoms with Crippen molar-refractivity contribution in [1.29, 1.82) is 0 Å². The Hall–Kier alpha value is -1.99. The topological polar surface area (TPSA) is 73.0 Å². The molecule has 2 aliphatic rings. The van der Waals surface area contributed by atoms with Crippen LogP contribution in [0.3, 0.4) is 0 Å². The first-order chi connectivity index (χ1) is 13.0. The molecule has 2 saturated heterocycles. The lowest BCUT2D eigenvalue weighted by atomic mass is 9.91. The third-order valence-electron chi connectivity index (χ3n) is 6.21. The van der Waals surface area contributed by atoms with Gasteiger partial charge in [-0.2, -0.15) is 0 Å². The second-order valence-corrected chi connectivity index (χ2v) is 8.01. The van der Waals surface area contributed by atoms with Gasteiger partial charge in [0.1, 0.15) is 11.6 Å². The maximum absolute atomic E-state index is 13.4. The van der Waals surface area contributed by atoms with Crippen LogP contribution in [0.1, 0.15) is 51.3 Å². The molecule has 2 fully saturated rings. The molecule has 0 saturated carbocycles. The van der Waals surface area contributed by atoms with Gasteiger partial charge in [0.2, 0.25) is 5.91 Å². The molecule has 0 radical (unpaired) electrons. The maximum Gasteiger partial charge on any atom is 0.222 e. The second-order valence-electron chi connectivity index (χ2n) is 8.01. The smallest absolute Gasteiger partial charge is 0.222 e. The van der Waals surface area contributed by atoms with Crippen molar-refractivity contribution < 1.29 is 9.18 Å². The number of halogens is 1. The van der Waals surface area contributed by atoms with Crippen LogP contribution in [0.25, 0.3) is 11.0 Å². The number of nitrogens with one attached hydrogen (secondary N) is 3. The van der Waals surface area contributed by atoms with Crippen molar-refractivity contribution in [3.8, 4) is 0 Å². The van der Waals surface area contributed by atoms with Crippen molar-refractivity contribution in [2.45, 2.75) is 57.5 Å². The lowest BCUT2D eigenvalue weighted by Gasteiger charge is -2.31. The summed E-state index contributed by atoms with van der Waals surface area (Å²) in [5, 5.41) is 0. The van der Waals surface area contributed by atoms with Crippen molar-refractivity contribution in [3.05, 3.63) is 29.8 Å². The molecule has 2 atom stereocenters. The number of fused-ring (bicyclic) bond motifs is 1. The molecule has 2 aromatic rings. The minimum absolute atomic E-state index is 0.255. The largest absolute Gasteiger partial charge is 0.343 e. The predicted molar refractivity (Wildman–Crippen MR) is 103 cm³/mol. The first-order valence-corrected chi connectivity index (χ1v) is 9.95. The van der Waals surface area contributed by atoms with E-state index in [0.717, 1.165) is 49.2 Å². The number of hydrazine groups is 1. The predicted octanol–water partition coefficient (Wildman–Crippen LogP) is 2.69. The molecule has 0 aliphatic carbocycles. The highest BCUT2D eigenvalue weighted by Gasteiger charge is 2.31. The highest BCUT2D eigenvalue weighted by Crippen LogP contribution is 2.29. The van der Waals surface area contributed by atoms with Crippen LogP contribution in [0, 0.1) is 11.7 Å². The number of piperidine rings is 1. The van der Waals surface area contributed by atoms with Crippen LogP contribution in [0.4, 0.5) is 4.39 Å². The van der Waals surface area contributed by atoms with E-state index in [-0.39, 0.29) is 11.7 Å². The molecular formula is C20H28FN5O. The molecule has 7 heteroatoms. The minimum Gasteiger partial charge on any atom is -0.343 e. The Morgan fingerprint density at radius 2 is 1.93 bits per heavy atom. The number of aromatic amines is 1. The molecule has 0 spiro atoms. The number of H-pyrrole nitrogens is 1. The Balaban J connectivity index is 1.30. The van der Waals surface area contributed by atoms with Crippen LogP contribution in [-0.4, -0.2) is 45.9 Å². The summed E-state index contributed by atoms with van der Waals surface area (Å²) in [6, 6.07) is 5.43. The molecule has 4 rings (SSSR count). The van der Waals surface area contributed by atoms with Crippen molar-refractivity contribution in [1.82, 2.24) is 25.7 Å². The van der Waals surface area contributed by atoms with Gasteiger partial charge in [-0.15, -0.1) is 0 Å². The molecule has 1 amide bonds. The van der Waals surface area contributed by atoms with E-state index in [1.807, 2.05) is 4.90 Å². The number of carbonyl (C=O) groups is 1. The minimum atomic E-state index is -0.255. The van der Waals surface area contributed by atoms with Crippen LogP contribution in [-0.2, 0) is 4.79 Å². The summed E-state index contributed by atoms with van der Waals surface area (Å²) < 4.78 is 13.4. The van der Waals surface area contributed by atoms with E-state index in [0.29, 0.717) is 30.3 Å². The van der Waals surface area contributed by atoms with Crippen LogP contribution in [0.2, 0.25) is 0 Å². The van der Waals surface area contributed by atoms with Gasteiger partial charge in [-0.05, 0) is 57.2 Å². The summed E-state index contributed by atoms with van der Waals surface area (Å²) in [5.41, 5.74) is 8.04.